The van der Waals surface area contributed by atoms with Crippen LogP contribution in [0.4, 0.5) is 0 Å². The molecule has 5 rings (SSSR count). The molecule has 0 radical (unpaired) electrons. The number of aromatic nitrogens is 4. The van der Waals surface area contributed by atoms with Gasteiger partial charge in [0.05, 0.1) is 11.8 Å². The van der Waals surface area contributed by atoms with Gasteiger partial charge in [-0.05, 0) is 38.3 Å². The van der Waals surface area contributed by atoms with Crippen molar-refractivity contribution in [3.05, 3.63) is 54.1 Å². The molecule has 6 heteroatoms. The highest BCUT2D eigenvalue weighted by Crippen LogP contribution is 2.48. The van der Waals surface area contributed by atoms with Crippen LogP contribution in [0.15, 0.2) is 47.2 Å². The molecule has 134 valence electrons. The lowest BCUT2D eigenvalue weighted by molar-refractivity contribution is 0.243. The average Bonchev–Trinajstić information content (AvgIpc) is 3.44. The Morgan fingerprint density at radius 1 is 1.23 bits per heavy atom. The molecule has 2 aromatic heterocycles. The second kappa shape index (κ2) is 6.36. The van der Waals surface area contributed by atoms with E-state index >= 15 is 0 Å². The van der Waals surface area contributed by atoms with E-state index in [1.807, 2.05) is 10.9 Å². The summed E-state index contributed by atoms with van der Waals surface area (Å²) in [7, 11) is 0. The van der Waals surface area contributed by atoms with Crippen LogP contribution in [-0.4, -0.2) is 37.4 Å². The van der Waals surface area contributed by atoms with Crippen molar-refractivity contribution in [3.63, 3.8) is 0 Å². The third kappa shape index (κ3) is 2.56. The highest BCUT2D eigenvalue weighted by molar-refractivity contribution is 5.49. The van der Waals surface area contributed by atoms with Crippen LogP contribution in [0.2, 0.25) is 0 Å². The molecule has 6 nitrogen and oxygen atoms in total. The van der Waals surface area contributed by atoms with Crippen molar-refractivity contribution < 1.29 is 4.52 Å². The van der Waals surface area contributed by atoms with Crippen molar-refractivity contribution in [3.8, 4) is 11.5 Å². The Kier molecular flexibility index (Phi) is 3.85. The normalized spacial score (nSPS) is 25.7. The lowest BCUT2D eigenvalue weighted by Gasteiger charge is -2.24. The molecule has 1 aromatic carbocycles. The SMILES string of the molecule is CCn1cc(-c2nc(C3CC(c4ccccc4)N4CCC[C@@H]34)no2)cn1. The first-order valence-electron chi connectivity index (χ1n) is 9.50. The molecule has 2 aliphatic heterocycles. The van der Waals surface area contributed by atoms with Gasteiger partial charge >= 0.3 is 0 Å². The molecule has 4 heterocycles. The Bertz CT molecular complexity index is 887. The second-order valence-corrected chi connectivity index (χ2v) is 7.26. The van der Waals surface area contributed by atoms with Crippen molar-refractivity contribution in [2.75, 3.05) is 6.54 Å². The molecule has 26 heavy (non-hydrogen) atoms. The second-order valence-electron chi connectivity index (χ2n) is 7.26. The Morgan fingerprint density at radius 3 is 2.92 bits per heavy atom. The fourth-order valence-corrected chi connectivity index (χ4v) is 4.60. The van der Waals surface area contributed by atoms with Gasteiger partial charge in [0.1, 0.15) is 0 Å². The van der Waals surface area contributed by atoms with E-state index in [-0.39, 0.29) is 0 Å². The molecule has 0 saturated carbocycles. The summed E-state index contributed by atoms with van der Waals surface area (Å²) >= 11 is 0. The summed E-state index contributed by atoms with van der Waals surface area (Å²) in [5.41, 5.74) is 2.29. The van der Waals surface area contributed by atoms with Crippen LogP contribution in [-0.2, 0) is 6.54 Å². The van der Waals surface area contributed by atoms with Gasteiger partial charge in [0.25, 0.3) is 5.89 Å². The van der Waals surface area contributed by atoms with Gasteiger partial charge < -0.3 is 4.52 Å². The van der Waals surface area contributed by atoms with Crippen molar-refractivity contribution in [1.82, 2.24) is 24.8 Å². The minimum Gasteiger partial charge on any atom is -0.334 e. The van der Waals surface area contributed by atoms with Gasteiger partial charge in [-0.1, -0.05) is 35.5 Å². The Hall–Kier alpha value is -2.47. The smallest absolute Gasteiger partial charge is 0.261 e. The van der Waals surface area contributed by atoms with E-state index in [2.05, 4.69) is 52.4 Å². The van der Waals surface area contributed by atoms with E-state index in [4.69, 9.17) is 9.51 Å². The van der Waals surface area contributed by atoms with E-state index < -0.39 is 0 Å². The molecular formula is C20H23N5O. The number of aryl methyl sites for hydroxylation is 1. The molecule has 0 N–H and O–H groups in total. The highest BCUT2D eigenvalue weighted by Gasteiger charge is 2.46. The molecule has 2 unspecified atom stereocenters. The van der Waals surface area contributed by atoms with Crippen LogP contribution in [0, 0.1) is 0 Å². The number of rotatable bonds is 4. The number of nitrogens with zero attached hydrogens (tertiary/aromatic N) is 5. The van der Waals surface area contributed by atoms with E-state index in [0.29, 0.717) is 23.9 Å². The van der Waals surface area contributed by atoms with Gasteiger partial charge in [0.15, 0.2) is 5.82 Å². The fourth-order valence-electron chi connectivity index (χ4n) is 4.60. The maximum atomic E-state index is 5.58. The first-order valence-corrected chi connectivity index (χ1v) is 9.50. The molecule has 0 aliphatic carbocycles. The van der Waals surface area contributed by atoms with Gasteiger partial charge in [-0.3, -0.25) is 9.58 Å². The average molecular weight is 349 g/mol. The van der Waals surface area contributed by atoms with Crippen molar-refractivity contribution in [1.29, 1.82) is 0 Å². The maximum absolute atomic E-state index is 5.58. The summed E-state index contributed by atoms with van der Waals surface area (Å²) in [4.78, 5) is 7.38. The van der Waals surface area contributed by atoms with Crippen molar-refractivity contribution in [2.24, 2.45) is 0 Å². The standard InChI is InChI=1S/C20H23N5O/c1-2-24-13-15(12-21-24)20-22-19(23-26-20)16-11-18(14-7-4-3-5-8-14)25-10-6-9-17(16)25/h3-5,7-8,12-13,16-18H,2,6,9-11H2,1H3/t16?,17-,18?/m0/s1. The van der Waals surface area contributed by atoms with Gasteiger partial charge in [-0.25, -0.2) is 0 Å². The molecule has 2 fully saturated rings. The predicted octanol–water partition coefficient (Wildman–Crippen LogP) is 3.65. The van der Waals surface area contributed by atoms with Gasteiger partial charge in [-0.15, -0.1) is 0 Å². The lowest BCUT2D eigenvalue weighted by Crippen LogP contribution is -2.27. The zero-order valence-corrected chi connectivity index (χ0v) is 15.0. The molecule has 0 amide bonds. The van der Waals surface area contributed by atoms with Gasteiger partial charge in [-0.2, -0.15) is 10.1 Å². The predicted molar refractivity (Wildman–Crippen MR) is 97.5 cm³/mol. The zero-order valence-electron chi connectivity index (χ0n) is 15.0. The summed E-state index contributed by atoms with van der Waals surface area (Å²) < 4.78 is 7.45. The number of benzene rings is 1. The summed E-state index contributed by atoms with van der Waals surface area (Å²) in [5, 5.41) is 8.65. The number of hydrogen-bond donors (Lipinski definition) is 0. The first-order chi connectivity index (χ1) is 12.8. The Labute approximate surface area is 152 Å². The van der Waals surface area contributed by atoms with E-state index in [1.165, 1.54) is 18.4 Å². The summed E-state index contributed by atoms with van der Waals surface area (Å²) in [5.74, 6) is 1.76. The van der Waals surface area contributed by atoms with Gasteiger partial charge in [0, 0.05) is 30.7 Å². The van der Waals surface area contributed by atoms with Crippen molar-refractivity contribution >= 4 is 0 Å². The molecule has 3 aromatic rings. The third-order valence-corrected chi connectivity index (χ3v) is 5.85. The summed E-state index contributed by atoms with van der Waals surface area (Å²) in [6, 6.07) is 11.8. The van der Waals surface area contributed by atoms with E-state index in [0.717, 1.165) is 30.9 Å². The lowest BCUT2D eigenvalue weighted by atomic mass is 9.94. The minimum atomic E-state index is 0.335. The quantitative estimate of drug-likeness (QED) is 0.719. The van der Waals surface area contributed by atoms with Crippen LogP contribution in [0.25, 0.3) is 11.5 Å². The monoisotopic (exact) mass is 349 g/mol. The fraction of sp³-hybridized carbons (Fsp3) is 0.450. The summed E-state index contributed by atoms with van der Waals surface area (Å²) in [6.07, 6.45) is 7.27. The number of hydrogen-bond acceptors (Lipinski definition) is 5. The zero-order chi connectivity index (χ0) is 17.5. The van der Waals surface area contributed by atoms with E-state index in [9.17, 15) is 0 Å². The van der Waals surface area contributed by atoms with Crippen LogP contribution in [0.3, 0.4) is 0 Å². The number of fused-ring (bicyclic) bond motifs is 1. The highest BCUT2D eigenvalue weighted by atomic mass is 16.5. The topological polar surface area (TPSA) is 60.0 Å². The minimum absolute atomic E-state index is 0.335. The third-order valence-electron chi connectivity index (χ3n) is 5.85. The molecule has 2 aliphatic rings. The largest absolute Gasteiger partial charge is 0.334 e. The first kappa shape index (κ1) is 15.8. The van der Waals surface area contributed by atoms with Gasteiger partial charge in [0.2, 0.25) is 0 Å². The van der Waals surface area contributed by atoms with Crippen LogP contribution in [0.5, 0.6) is 0 Å². The molecule has 0 spiro atoms. The molecule has 3 atom stereocenters. The van der Waals surface area contributed by atoms with Crippen LogP contribution < -0.4 is 0 Å². The Balaban J connectivity index is 1.43. The molecule has 0 bridgehead atoms. The Morgan fingerprint density at radius 2 is 2.12 bits per heavy atom. The molecular weight excluding hydrogens is 326 g/mol. The molecule has 2 saturated heterocycles. The maximum Gasteiger partial charge on any atom is 0.261 e. The van der Waals surface area contributed by atoms with Crippen LogP contribution in [0.1, 0.15) is 49.5 Å². The summed E-state index contributed by atoms with van der Waals surface area (Å²) in [6.45, 7) is 4.06. The van der Waals surface area contributed by atoms with E-state index in [1.54, 1.807) is 6.20 Å². The van der Waals surface area contributed by atoms with Crippen molar-refractivity contribution in [2.45, 2.75) is 50.7 Å². The van der Waals surface area contributed by atoms with Crippen LogP contribution >= 0.6 is 0 Å².